The summed E-state index contributed by atoms with van der Waals surface area (Å²) in [6, 6.07) is 0.605. The molecule has 0 aromatic rings. The highest BCUT2D eigenvalue weighted by atomic mass is 16.7. The number of hydrogen-bond donors (Lipinski definition) is 1. The highest BCUT2D eigenvalue weighted by Gasteiger charge is 2.33. The van der Waals surface area contributed by atoms with Gasteiger partial charge in [0, 0.05) is 12.5 Å². The van der Waals surface area contributed by atoms with E-state index in [0.717, 1.165) is 25.6 Å². The summed E-state index contributed by atoms with van der Waals surface area (Å²) in [6.45, 7) is 1.54. The van der Waals surface area contributed by atoms with E-state index in [-0.39, 0.29) is 6.29 Å². The van der Waals surface area contributed by atoms with Crippen LogP contribution in [0.15, 0.2) is 0 Å². The van der Waals surface area contributed by atoms with E-state index in [2.05, 4.69) is 5.32 Å². The number of ether oxygens (including phenoxy) is 2. The van der Waals surface area contributed by atoms with Gasteiger partial charge < -0.3 is 14.8 Å². The summed E-state index contributed by atoms with van der Waals surface area (Å²) in [6.07, 6.45) is 3.82. The second-order valence-corrected chi connectivity index (χ2v) is 3.64. The molecule has 70 valence electrons. The van der Waals surface area contributed by atoms with E-state index in [1.54, 1.807) is 0 Å². The molecule has 2 aliphatic rings. The first-order chi connectivity index (χ1) is 5.90. The van der Waals surface area contributed by atoms with Crippen molar-refractivity contribution in [2.45, 2.75) is 31.6 Å². The van der Waals surface area contributed by atoms with Crippen molar-refractivity contribution < 1.29 is 9.47 Å². The Morgan fingerprint density at radius 1 is 1.33 bits per heavy atom. The first-order valence-corrected chi connectivity index (χ1v) is 4.80. The van der Waals surface area contributed by atoms with Crippen molar-refractivity contribution in [3.05, 3.63) is 0 Å². The lowest BCUT2D eigenvalue weighted by atomic mass is 10.1. The maximum absolute atomic E-state index is 5.40. The normalized spacial score (nSPS) is 27.8. The van der Waals surface area contributed by atoms with E-state index in [1.807, 2.05) is 7.05 Å². The van der Waals surface area contributed by atoms with Gasteiger partial charge in [-0.3, -0.25) is 0 Å². The molecule has 3 nitrogen and oxygen atoms in total. The molecule has 3 heteroatoms. The van der Waals surface area contributed by atoms with Crippen LogP contribution in [0, 0.1) is 5.92 Å². The summed E-state index contributed by atoms with van der Waals surface area (Å²) in [7, 11) is 2.03. The smallest absolute Gasteiger partial charge is 0.159 e. The van der Waals surface area contributed by atoms with Gasteiger partial charge in [0.2, 0.25) is 0 Å². The van der Waals surface area contributed by atoms with Crippen molar-refractivity contribution in [1.82, 2.24) is 5.32 Å². The van der Waals surface area contributed by atoms with Crippen LogP contribution in [0.1, 0.15) is 19.3 Å². The highest BCUT2D eigenvalue weighted by molar-refractivity contribution is 4.86. The Morgan fingerprint density at radius 3 is 2.50 bits per heavy atom. The fraction of sp³-hybridized carbons (Fsp3) is 1.00. The van der Waals surface area contributed by atoms with E-state index in [1.165, 1.54) is 12.8 Å². The van der Waals surface area contributed by atoms with E-state index in [4.69, 9.17) is 9.47 Å². The molecule has 1 atom stereocenters. The minimum Gasteiger partial charge on any atom is -0.350 e. The predicted octanol–water partition coefficient (Wildman–Crippen LogP) is 0.747. The van der Waals surface area contributed by atoms with E-state index >= 15 is 0 Å². The van der Waals surface area contributed by atoms with Gasteiger partial charge >= 0.3 is 0 Å². The van der Waals surface area contributed by atoms with Gasteiger partial charge in [-0.05, 0) is 25.8 Å². The Balaban J connectivity index is 1.74. The van der Waals surface area contributed by atoms with Gasteiger partial charge in [0.05, 0.1) is 13.2 Å². The zero-order valence-corrected chi connectivity index (χ0v) is 7.58. The fourth-order valence-electron chi connectivity index (χ4n) is 1.80. The molecular formula is C9H17NO2. The van der Waals surface area contributed by atoms with Crippen LogP contribution in [0.3, 0.4) is 0 Å². The van der Waals surface area contributed by atoms with Crippen molar-refractivity contribution >= 4 is 0 Å². The third-order valence-corrected chi connectivity index (χ3v) is 2.70. The lowest BCUT2D eigenvalue weighted by Crippen LogP contribution is -2.32. The van der Waals surface area contributed by atoms with Crippen molar-refractivity contribution in [3.8, 4) is 0 Å². The van der Waals surface area contributed by atoms with Gasteiger partial charge in [-0.1, -0.05) is 0 Å². The van der Waals surface area contributed by atoms with Crippen LogP contribution in [0.25, 0.3) is 0 Å². The van der Waals surface area contributed by atoms with Crippen LogP contribution >= 0.6 is 0 Å². The standard InChI is InChI=1S/C9H17NO2/c1-10-8(7-2-3-7)6-9-11-4-5-12-9/h7-10H,2-6H2,1H3. The maximum atomic E-state index is 5.40. The van der Waals surface area contributed by atoms with Crippen molar-refractivity contribution in [3.63, 3.8) is 0 Å². The van der Waals surface area contributed by atoms with Crippen LogP contribution in [-0.2, 0) is 9.47 Å². The summed E-state index contributed by atoms with van der Waals surface area (Å²) in [5.74, 6) is 0.878. The molecule has 2 rings (SSSR count). The first kappa shape index (κ1) is 8.48. The quantitative estimate of drug-likeness (QED) is 0.677. The SMILES string of the molecule is CNC(CC1OCCO1)C1CC1. The monoisotopic (exact) mass is 171 g/mol. The molecule has 1 aliphatic carbocycles. The second-order valence-electron chi connectivity index (χ2n) is 3.64. The van der Waals surface area contributed by atoms with Crippen LogP contribution in [0.4, 0.5) is 0 Å². The van der Waals surface area contributed by atoms with Crippen LogP contribution < -0.4 is 5.32 Å². The van der Waals surface area contributed by atoms with E-state index in [0.29, 0.717) is 6.04 Å². The minimum absolute atomic E-state index is 0.0584. The molecule has 0 radical (unpaired) electrons. The van der Waals surface area contributed by atoms with Gasteiger partial charge in [-0.2, -0.15) is 0 Å². The van der Waals surface area contributed by atoms with E-state index < -0.39 is 0 Å². The Morgan fingerprint density at radius 2 is 2.00 bits per heavy atom. The molecule has 2 fully saturated rings. The Labute approximate surface area is 73.4 Å². The number of nitrogens with one attached hydrogen (secondary N) is 1. The van der Waals surface area contributed by atoms with E-state index in [9.17, 15) is 0 Å². The van der Waals surface area contributed by atoms with Gasteiger partial charge in [-0.15, -0.1) is 0 Å². The van der Waals surface area contributed by atoms with Crippen molar-refractivity contribution in [1.29, 1.82) is 0 Å². The summed E-state index contributed by atoms with van der Waals surface area (Å²) in [5, 5.41) is 3.33. The minimum atomic E-state index is 0.0584. The Hall–Kier alpha value is -0.120. The van der Waals surface area contributed by atoms with Gasteiger partial charge in [0.25, 0.3) is 0 Å². The van der Waals surface area contributed by atoms with Gasteiger partial charge in [0.1, 0.15) is 0 Å². The molecule has 12 heavy (non-hydrogen) atoms. The fourth-order valence-corrected chi connectivity index (χ4v) is 1.80. The van der Waals surface area contributed by atoms with Crippen LogP contribution in [0.5, 0.6) is 0 Å². The molecule has 1 N–H and O–H groups in total. The number of rotatable bonds is 4. The van der Waals surface area contributed by atoms with Gasteiger partial charge in [-0.25, -0.2) is 0 Å². The summed E-state index contributed by atoms with van der Waals surface area (Å²) < 4.78 is 10.8. The second kappa shape index (κ2) is 3.73. The summed E-state index contributed by atoms with van der Waals surface area (Å²) >= 11 is 0. The van der Waals surface area contributed by atoms with Crippen LogP contribution in [-0.4, -0.2) is 32.6 Å². The van der Waals surface area contributed by atoms with Gasteiger partial charge in [0.15, 0.2) is 6.29 Å². The van der Waals surface area contributed by atoms with Crippen LogP contribution in [0.2, 0.25) is 0 Å². The summed E-state index contributed by atoms with van der Waals surface area (Å²) in [5.41, 5.74) is 0. The molecular weight excluding hydrogens is 154 g/mol. The Kier molecular flexibility index (Phi) is 2.63. The average Bonchev–Trinajstić information content (AvgIpc) is 2.80. The molecule has 0 spiro atoms. The van der Waals surface area contributed by atoms with Crippen molar-refractivity contribution in [2.75, 3.05) is 20.3 Å². The molecule has 1 saturated heterocycles. The molecule has 0 aromatic heterocycles. The molecule has 1 aliphatic heterocycles. The largest absolute Gasteiger partial charge is 0.350 e. The zero-order valence-electron chi connectivity index (χ0n) is 7.58. The summed E-state index contributed by atoms with van der Waals surface area (Å²) in [4.78, 5) is 0. The first-order valence-electron chi connectivity index (χ1n) is 4.80. The third kappa shape index (κ3) is 1.97. The number of hydrogen-bond acceptors (Lipinski definition) is 3. The topological polar surface area (TPSA) is 30.5 Å². The third-order valence-electron chi connectivity index (χ3n) is 2.70. The molecule has 1 heterocycles. The molecule has 0 amide bonds. The highest BCUT2D eigenvalue weighted by Crippen LogP contribution is 2.34. The zero-order chi connectivity index (χ0) is 8.39. The van der Waals surface area contributed by atoms with Crippen molar-refractivity contribution in [2.24, 2.45) is 5.92 Å². The molecule has 0 aromatic carbocycles. The lowest BCUT2D eigenvalue weighted by Gasteiger charge is -2.18. The lowest BCUT2D eigenvalue weighted by molar-refractivity contribution is -0.0536. The Bertz CT molecular complexity index is 141. The predicted molar refractivity (Wildman–Crippen MR) is 45.9 cm³/mol. The molecule has 1 unspecified atom stereocenters. The molecule has 1 saturated carbocycles. The average molecular weight is 171 g/mol. The molecule has 0 bridgehead atoms. The maximum Gasteiger partial charge on any atom is 0.159 e.